The van der Waals surface area contributed by atoms with Crippen molar-refractivity contribution in [2.75, 3.05) is 17.3 Å². The molecule has 0 aliphatic rings. The SMILES string of the molecule is CSCC(=O)Nc1ccccc1C(F)(F)F. The Bertz CT molecular complexity index is 379. The van der Waals surface area contributed by atoms with E-state index in [0.29, 0.717) is 0 Å². The average molecular weight is 249 g/mol. The minimum Gasteiger partial charge on any atom is -0.325 e. The fraction of sp³-hybridized carbons (Fsp3) is 0.300. The van der Waals surface area contributed by atoms with Crippen LogP contribution in [0, 0.1) is 0 Å². The maximum Gasteiger partial charge on any atom is 0.418 e. The predicted octanol–water partition coefficient (Wildman–Crippen LogP) is 3.01. The van der Waals surface area contributed by atoms with Crippen LogP contribution < -0.4 is 5.32 Å². The largest absolute Gasteiger partial charge is 0.418 e. The summed E-state index contributed by atoms with van der Waals surface area (Å²) >= 11 is 1.25. The van der Waals surface area contributed by atoms with Crippen molar-refractivity contribution in [1.29, 1.82) is 0 Å². The Hall–Kier alpha value is -1.17. The van der Waals surface area contributed by atoms with Crippen molar-refractivity contribution in [3.63, 3.8) is 0 Å². The molecule has 0 aromatic heterocycles. The average Bonchev–Trinajstić information content (AvgIpc) is 2.17. The van der Waals surface area contributed by atoms with Gasteiger partial charge in [-0.05, 0) is 18.4 Å². The van der Waals surface area contributed by atoms with Gasteiger partial charge in [0.1, 0.15) is 0 Å². The molecular formula is C10H10F3NOS. The molecule has 16 heavy (non-hydrogen) atoms. The van der Waals surface area contributed by atoms with Crippen LogP contribution in [0.25, 0.3) is 0 Å². The highest BCUT2D eigenvalue weighted by Gasteiger charge is 2.33. The number of carbonyl (C=O) groups excluding carboxylic acids is 1. The van der Waals surface area contributed by atoms with Crippen LogP contribution in [0.3, 0.4) is 0 Å². The number of rotatable bonds is 3. The molecule has 1 rings (SSSR count). The molecule has 0 fully saturated rings. The van der Waals surface area contributed by atoms with Gasteiger partial charge in [-0.2, -0.15) is 24.9 Å². The summed E-state index contributed by atoms with van der Waals surface area (Å²) in [5.74, 6) is -0.309. The number of anilines is 1. The van der Waals surface area contributed by atoms with E-state index in [-0.39, 0.29) is 11.4 Å². The third kappa shape index (κ3) is 3.44. The summed E-state index contributed by atoms with van der Waals surface area (Å²) < 4.78 is 37.6. The number of nitrogens with one attached hydrogen (secondary N) is 1. The number of alkyl halides is 3. The van der Waals surface area contributed by atoms with E-state index in [1.165, 1.54) is 30.0 Å². The standard InChI is InChI=1S/C10H10F3NOS/c1-16-6-9(15)14-8-5-3-2-4-7(8)10(11,12)13/h2-5H,6H2,1H3,(H,14,15). The molecule has 0 unspecified atom stereocenters. The van der Waals surface area contributed by atoms with Gasteiger partial charge in [0.05, 0.1) is 17.0 Å². The third-order valence-electron chi connectivity index (χ3n) is 1.78. The fourth-order valence-corrected chi connectivity index (χ4v) is 1.49. The Kier molecular flexibility index (Phi) is 4.23. The molecular weight excluding hydrogens is 239 g/mol. The summed E-state index contributed by atoms with van der Waals surface area (Å²) in [4.78, 5) is 11.2. The number of carbonyl (C=O) groups is 1. The van der Waals surface area contributed by atoms with Crippen molar-refractivity contribution in [3.05, 3.63) is 29.8 Å². The molecule has 6 heteroatoms. The first-order chi connectivity index (χ1) is 7.45. The Morgan fingerprint density at radius 3 is 2.56 bits per heavy atom. The number of benzene rings is 1. The number of hydrogen-bond acceptors (Lipinski definition) is 2. The number of halogens is 3. The van der Waals surface area contributed by atoms with Crippen molar-refractivity contribution in [2.24, 2.45) is 0 Å². The zero-order chi connectivity index (χ0) is 12.2. The number of para-hydroxylation sites is 1. The van der Waals surface area contributed by atoms with E-state index >= 15 is 0 Å². The minimum absolute atomic E-state index is 0.131. The minimum atomic E-state index is -4.46. The first-order valence-corrected chi connectivity index (χ1v) is 5.79. The lowest BCUT2D eigenvalue weighted by Crippen LogP contribution is -2.17. The molecule has 1 amide bonds. The topological polar surface area (TPSA) is 29.1 Å². The van der Waals surface area contributed by atoms with Crippen molar-refractivity contribution < 1.29 is 18.0 Å². The van der Waals surface area contributed by atoms with Crippen molar-refractivity contribution in [1.82, 2.24) is 0 Å². The molecule has 1 aromatic rings. The summed E-state index contributed by atoms with van der Waals surface area (Å²) in [6.07, 6.45) is -2.75. The van der Waals surface area contributed by atoms with Gasteiger partial charge in [-0.1, -0.05) is 12.1 Å². The molecule has 1 N–H and O–H groups in total. The van der Waals surface area contributed by atoms with Crippen LogP contribution in [0.15, 0.2) is 24.3 Å². The van der Waals surface area contributed by atoms with Gasteiger partial charge in [0.2, 0.25) is 5.91 Å². The smallest absolute Gasteiger partial charge is 0.325 e. The molecule has 0 atom stereocenters. The lowest BCUT2D eigenvalue weighted by Gasteiger charge is -2.12. The second-order valence-electron chi connectivity index (χ2n) is 3.02. The Balaban J connectivity index is 2.92. The van der Waals surface area contributed by atoms with Crippen LogP contribution >= 0.6 is 11.8 Å². The molecule has 0 aliphatic carbocycles. The van der Waals surface area contributed by atoms with E-state index in [0.717, 1.165) is 6.07 Å². The second-order valence-corrected chi connectivity index (χ2v) is 3.89. The van der Waals surface area contributed by atoms with Gasteiger partial charge in [-0.15, -0.1) is 0 Å². The van der Waals surface area contributed by atoms with Crippen LogP contribution in [-0.2, 0) is 11.0 Å². The van der Waals surface area contributed by atoms with Gasteiger partial charge >= 0.3 is 6.18 Å². The van der Waals surface area contributed by atoms with Gasteiger partial charge < -0.3 is 5.32 Å². The molecule has 0 radical (unpaired) electrons. The van der Waals surface area contributed by atoms with E-state index in [2.05, 4.69) is 5.32 Å². The summed E-state index contributed by atoms with van der Waals surface area (Å²) in [7, 11) is 0. The molecule has 0 heterocycles. The predicted molar refractivity (Wildman–Crippen MR) is 58.5 cm³/mol. The van der Waals surface area contributed by atoms with Crippen LogP contribution in [0.5, 0.6) is 0 Å². The molecule has 0 saturated carbocycles. The molecule has 1 aromatic carbocycles. The highest BCUT2D eigenvalue weighted by Crippen LogP contribution is 2.34. The van der Waals surface area contributed by atoms with E-state index in [9.17, 15) is 18.0 Å². The number of amides is 1. The van der Waals surface area contributed by atoms with E-state index < -0.39 is 17.6 Å². The van der Waals surface area contributed by atoms with Gasteiger partial charge in [-0.25, -0.2) is 0 Å². The lowest BCUT2D eigenvalue weighted by atomic mass is 10.1. The first-order valence-electron chi connectivity index (χ1n) is 4.40. The summed E-state index contributed by atoms with van der Waals surface area (Å²) in [6, 6.07) is 4.91. The number of thioether (sulfide) groups is 1. The Morgan fingerprint density at radius 2 is 2.00 bits per heavy atom. The van der Waals surface area contributed by atoms with Gasteiger partial charge in [0, 0.05) is 0 Å². The molecule has 2 nitrogen and oxygen atoms in total. The zero-order valence-electron chi connectivity index (χ0n) is 8.47. The maximum absolute atomic E-state index is 12.5. The van der Waals surface area contributed by atoms with E-state index in [1.807, 2.05) is 0 Å². The molecule has 0 bridgehead atoms. The number of hydrogen-bond donors (Lipinski definition) is 1. The van der Waals surface area contributed by atoms with Crippen LogP contribution in [0.1, 0.15) is 5.56 Å². The Labute approximate surface area is 95.2 Å². The fourth-order valence-electron chi connectivity index (χ4n) is 1.16. The van der Waals surface area contributed by atoms with Crippen LogP contribution in [0.4, 0.5) is 18.9 Å². The molecule has 88 valence electrons. The highest BCUT2D eigenvalue weighted by atomic mass is 32.2. The molecule has 0 spiro atoms. The quantitative estimate of drug-likeness (QED) is 0.892. The highest BCUT2D eigenvalue weighted by molar-refractivity contribution is 7.99. The van der Waals surface area contributed by atoms with Gasteiger partial charge in [-0.3, -0.25) is 4.79 Å². The van der Waals surface area contributed by atoms with Gasteiger partial charge in [0.25, 0.3) is 0 Å². The van der Waals surface area contributed by atoms with E-state index in [1.54, 1.807) is 6.26 Å². The Morgan fingerprint density at radius 1 is 1.38 bits per heavy atom. The normalized spacial score (nSPS) is 11.2. The second kappa shape index (κ2) is 5.25. The summed E-state index contributed by atoms with van der Waals surface area (Å²) in [6.45, 7) is 0. The molecule has 0 saturated heterocycles. The summed E-state index contributed by atoms with van der Waals surface area (Å²) in [5, 5.41) is 2.24. The van der Waals surface area contributed by atoms with E-state index in [4.69, 9.17) is 0 Å². The lowest BCUT2D eigenvalue weighted by molar-refractivity contribution is -0.137. The van der Waals surface area contributed by atoms with Crippen LogP contribution in [0.2, 0.25) is 0 Å². The van der Waals surface area contributed by atoms with Crippen molar-refractivity contribution >= 4 is 23.4 Å². The van der Waals surface area contributed by atoms with Crippen molar-refractivity contribution in [2.45, 2.75) is 6.18 Å². The van der Waals surface area contributed by atoms with Crippen molar-refractivity contribution in [3.8, 4) is 0 Å². The van der Waals surface area contributed by atoms with Gasteiger partial charge in [0.15, 0.2) is 0 Å². The summed E-state index contributed by atoms with van der Waals surface area (Å²) in [5.41, 5.74) is -1.03. The molecule has 0 aliphatic heterocycles. The maximum atomic E-state index is 12.5. The third-order valence-corrected chi connectivity index (χ3v) is 2.33. The zero-order valence-corrected chi connectivity index (χ0v) is 9.28. The van der Waals surface area contributed by atoms with Crippen LogP contribution in [-0.4, -0.2) is 17.9 Å². The monoisotopic (exact) mass is 249 g/mol. The first kappa shape index (κ1) is 12.9.